The molecule has 1 rings (SSSR count). The van der Waals surface area contributed by atoms with Gasteiger partial charge >= 0.3 is 5.97 Å². The van der Waals surface area contributed by atoms with Crippen molar-refractivity contribution in [2.75, 3.05) is 12.0 Å². The summed E-state index contributed by atoms with van der Waals surface area (Å²) in [6.45, 7) is 6.85. The first-order valence-corrected chi connectivity index (χ1v) is 9.15. The number of imidazole rings is 1. The van der Waals surface area contributed by atoms with Gasteiger partial charge in [0.2, 0.25) is 0 Å². The smallest absolute Gasteiger partial charge is 0.313 e. The Kier molecular flexibility index (Phi) is 6.75. The average Bonchev–Trinajstić information content (AvgIpc) is 2.76. The maximum absolute atomic E-state index is 11.4. The summed E-state index contributed by atoms with van der Waals surface area (Å²) in [7, 11) is -0.841. The number of nitrogens with zero attached hydrogens (tertiary/aromatic N) is 2. The van der Waals surface area contributed by atoms with Gasteiger partial charge in [0.15, 0.2) is 5.16 Å². The van der Waals surface area contributed by atoms with Crippen molar-refractivity contribution in [1.29, 1.82) is 0 Å². The lowest BCUT2D eigenvalue weighted by Crippen LogP contribution is -2.15. The SMILES string of the molecule is CC(C)c1cnc(SCC(=O)O)n1CCC(C)S(C)=O. The Morgan fingerprint density at radius 1 is 1.50 bits per heavy atom. The van der Waals surface area contributed by atoms with Crippen LogP contribution in [0.2, 0.25) is 0 Å². The van der Waals surface area contributed by atoms with Gasteiger partial charge in [-0.25, -0.2) is 4.98 Å². The van der Waals surface area contributed by atoms with E-state index in [1.54, 1.807) is 6.26 Å². The summed E-state index contributed by atoms with van der Waals surface area (Å²) in [6, 6.07) is 0. The lowest BCUT2D eigenvalue weighted by atomic mass is 10.1. The second-order valence-corrected chi connectivity index (χ2v) is 7.80. The Hall–Kier alpha value is -0.820. The normalized spacial score (nSPS) is 14.4. The van der Waals surface area contributed by atoms with Crippen molar-refractivity contribution in [1.82, 2.24) is 9.55 Å². The zero-order valence-electron chi connectivity index (χ0n) is 12.3. The van der Waals surface area contributed by atoms with Gasteiger partial charge in [-0.05, 0) is 12.3 Å². The van der Waals surface area contributed by atoms with E-state index >= 15 is 0 Å². The molecule has 0 amide bonds. The molecule has 0 spiro atoms. The molecule has 20 heavy (non-hydrogen) atoms. The zero-order valence-corrected chi connectivity index (χ0v) is 14.0. The molecule has 7 heteroatoms. The summed E-state index contributed by atoms with van der Waals surface area (Å²) in [5.41, 5.74) is 1.09. The van der Waals surface area contributed by atoms with E-state index in [1.807, 2.05) is 13.1 Å². The first kappa shape index (κ1) is 17.2. The number of rotatable bonds is 8. The highest BCUT2D eigenvalue weighted by molar-refractivity contribution is 7.99. The van der Waals surface area contributed by atoms with Crippen LogP contribution in [0, 0.1) is 0 Å². The Morgan fingerprint density at radius 2 is 2.15 bits per heavy atom. The molecule has 1 aromatic rings. The van der Waals surface area contributed by atoms with Gasteiger partial charge in [0.1, 0.15) is 0 Å². The van der Waals surface area contributed by atoms with Gasteiger partial charge in [0.05, 0.1) is 5.75 Å². The van der Waals surface area contributed by atoms with Crippen molar-refractivity contribution in [2.45, 2.75) is 50.1 Å². The number of carbonyl (C=O) groups is 1. The minimum absolute atomic E-state index is 0.00378. The van der Waals surface area contributed by atoms with Crippen molar-refractivity contribution < 1.29 is 14.1 Å². The van der Waals surface area contributed by atoms with Crippen LogP contribution in [0.15, 0.2) is 11.4 Å². The summed E-state index contributed by atoms with van der Waals surface area (Å²) in [6.07, 6.45) is 4.31. The number of hydrogen-bond donors (Lipinski definition) is 1. The lowest BCUT2D eigenvalue weighted by molar-refractivity contribution is -0.133. The molecule has 114 valence electrons. The highest BCUT2D eigenvalue weighted by Crippen LogP contribution is 2.24. The Morgan fingerprint density at radius 3 is 2.65 bits per heavy atom. The number of carboxylic acids is 1. The molecule has 0 aliphatic heterocycles. The molecular weight excluding hydrogens is 296 g/mol. The van der Waals surface area contributed by atoms with Crippen LogP contribution in [0.1, 0.15) is 38.8 Å². The molecule has 1 N–H and O–H groups in total. The van der Waals surface area contributed by atoms with E-state index < -0.39 is 16.8 Å². The summed E-state index contributed by atoms with van der Waals surface area (Å²) in [5, 5.41) is 9.62. The van der Waals surface area contributed by atoms with Gasteiger partial charge in [0, 0.05) is 40.7 Å². The molecular formula is C13H22N2O3S2. The van der Waals surface area contributed by atoms with Gasteiger partial charge in [-0.3, -0.25) is 9.00 Å². The highest BCUT2D eigenvalue weighted by atomic mass is 32.2. The van der Waals surface area contributed by atoms with Crippen molar-refractivity contribution >= 4 is 28.5 Å². The zero-order chi connectivity index (χ0) is 15.3. The third-order valence-corrected chi connectivity index (χ3v) is 5.44. The van der Waals surface area contributed by atoms with Crippen LogP contribution >= 0.6 is 11.8 Å². The molecule has 0 bridgehead atoms. The van der Waals surface area contributed by atoms with Gasteiger partial charge < -0.3 is 9.67 Å². The summed E-state index contributed by atoms with van der Waals surface area (Å²) in [4.78, 5) is 15.0. The number of aliphatic carboxylic acids is 1. The van der Waals surface area contributed by atoms with Crippen molar-refractivity contribution in [2.24, 2.45) is 0 Å². The molecule has 0 radical (unpaired) electrons. The Labute approximate surface area is 126 Å². The molecule has 0 aromatic carbocycles. The minimum Gasteiger partial charge on any atom is -0.481 e. The molecule has 0 aliphatic rings. The highest BCUT2D eigenvalue weighted by Gasteiger charge is 2.16. The first-order valence-electron chi connectivity index (χ1n) is 6.55. The molecule has 5 nitrogen and oxygen atoms in total. The van der Waals surface area contributed by atoms with E-state index in [-0.39, 0.29) is 11.0 Å². The third kappa shape index (κ3) is 4.94. The lowest BCUT2D eigenvalue weighted by Gasteiger charge is -2.15. The molecule has 0 aliphatic carbocycles. The van der Waals surface area contributed by atoms with Crippen LogP contribution in [-0.2, 0) is 22.1 Å². The van der Waals surface area contributed by atoms with Gasteiger partial charge in [-0.2, -0.15) is 0 Å². The molecule has 1 heterocycles. The van der Waals surface area contributed by atoms with Gasteiger partial charge in [-0.1, -0.05) is 32.5 Å². The van der Waals surface area contributed by atoms with Crippen LogP contribution in [0.25, 0.3) is 0 Å². The molecule has 0 saturated heterocycles. The number of hydrogen-bond acceptors (Lipinski definition) is 4. The van der Waals surface area contributed by atoms with Gasteiger partial charge in [0.25, 0.3) is 0 Å². The van der Waals surface area contributed by atoms with E-state index in [1.165, 1.54) is 11.8 Å². The molecule has 2 atom stereocenters. The molecule has 0 fully saturated rings. The maximum Gasteiger partial charge on any atom is 0.313 e. The minimum atomic E-state index is -0.848. The monoisotopic (exact) mass is 318 g/mol. The quantitative estimate of drug-likeness (QED) is 0.745. The van der Waals surface area contributed by atoms with Crippen LogP contribution in [0.4, 0.5) is 0 Å². The van der Waals surface area contributed by atoms with Crippen molar-refractivity contribution in [3.63, 3.8) is 0 Å². The fourth-order valence-electron chi connectivity index (χ4n) is 1.78. The van der Waals surface area contributed by atoms with Crippen LogP contribution in [0.5, 0.6) is 0 Å². The first-order chi connectivity index (χ1) is 9.32. The summed E-state index contributed by atoms with van der Waals surface area (Å²) in [5.74, 6) is -0.521. The van der Waals surface area contributed by atoms with E-state index in [0.29, 0.717) is 5.92 Å². The van der Waals surface area contributed by atoms with Gasteiger partial charge in [-0.15, -0.1) is 0 Å². The topological polar surface area (TPSA) is 72.2 Å². The summed E-state index contributed by atoms with van der Waals surface area (Å²) >= 11 is 1.23. The Bertz CT molecular complexity index is 486. The molecule has 0 saturated carbocycles. The standard InChI is InChI=1S/C13H22N2O3S2/c1-9(2)11-7-14-13(19-8-12(16)17)15(11)6-5-10(3)20(4)18/h7,9-10H,5-6,8H2,1-4H3,(H,16,17). The predicted molar refractivity (Wildman–Crippen MR) is 82.8 cm³/mol. The Balaban J connectivity index is 2.85. The number of thioether (sulfide) groups is 1. The fourth-order valence-corrected chi connectivity index (χ4v) is 2.94. The largest absolute Gasteiger partial charge is 0.481 e. The molecule has 1 aromatic heterocycles. The van der Waals surface area contributed by atoms with E-state index in [0.717, 1.165) is 23.8 Å². The van der Waals surface area contributed by atoms with Crippen molar-refractivity contribution in [3.05, 3.63) is 11.9 Å². The second-order valence-electron chi connectivity index (χ2n) is 5.05. The molecule has 2 unspecified atom stereocenters. The number of aromatic nitrogens is 2. The third-order valence-electron chi connectivity index (χ3n) is 3.09. The van der Waals surface area contributed by atoms with E-state index in [2.05, 4.69) is 23.4 Å². The van der Waals surface area contributed by atoms with E-state index in [9.17, 15) is 9.00 Å². The number of carboxylic acid groups (broad SMARTS) is 1. The van der Waals surface area contributed by atoms with E-state index in [4.69, 9.17) is 5.11 Å². The summed E-state index contributed by atoms with van der Waals surface area (Å²) < 4.78 is 13.5. The van der Waals surface area contributed by atoms with Crippen LogP contribution in [0.3, 0.4) is 0 Å². The second kappa shape index (κ2) is 7.83. The predicted octanol–water partition coefficient (Wildman–Crippen LogP) is 2.34. The fraction of sp³-hybridized carbons (Fsp3) is 0.692. The van der Waals surface area contributed by atoms with Crippen molar-refractivity contribution in [3.8, 4) is 0 Å². The van der Waals surface area contributed by atoms with Crippen LogP contribution in [-0.4, -0.2) is 42.1 Å². The maximum atomic E-state index is 11.4. The average molecular weight is 318 g/mol. The van der Waals surface area contributed by atoms with Crippen LogP contribution < -0.4 is 0 Å².